The third kappa shape index (κ3) is 2.59. The minimum Gasteiger partial charge on any atom is -0.472 e. The van der Waals surface area contributed by atoms with Gasteiger partial charge in [-0.1, -0.05) is 0 Å². The van der Waals surface area contributed by atoms with Crippen molar-refractivity contribution in [1.82, 2.24) is 15.1 Å². The first-order valence-corrected chi connectivity index (χ1v) is 6.21. The van der Waals surface area contributed by atoms with Crippen LogP contribution in [-0.4, -0.2) is 41.3 Å². The van der Waals surface area contributed by atoms with Crippen LogP contribution in [0.3, 0.4) is 0 Å². The molecule has 1 aromatic rings. The molecule has 2 heterocycles. The van der Waals surface area contributed by atoms with E-state index in [0.717, 1.165) is 37.2 Å². The molecule has 0 spiro atoms. The molecule has 0 aromatic carbocycles. The zero-order valence-corrected chi connectivity index (χ0v) is 11.1. The molecular weight excluding hydrogens is 228 g/mol. The number of aromatic nitrogens is 2. The second-order valence-corrected chi connectivity index (χ2v) is 4.82. The van der Waals surface area contributed by atoms with Gasteiger partial charge < -0.3 is 9.64 Å². The van der Waals surface area contributed by atoms with Crippen LogP contribution in [0.15, 0.2) is 0 Å². The van der Waals surface area contributed by atoms with E-state index >= 15 is 0 Å². The summed E-state index contributed by atoms with van der Waals surface area (Å²) in [7, 11) is 2.10. The van der Waals surface area contributed by atoms with Crippen LogP contribution in [0.1, 0.15) is 29.7 Å². The molecule has 1 aromatic heterocycles. The number of ether oxygens (including phenoxy) is 1. The highest BCUT2D eigenvalue weighted by Crippen LogP contribution is 2.23. The molecule has 0 saturated carbocycles. The van der Waals surface area contributed by atoms with Gasteiger partial charge in [0.15, 0.2) is 0 Å². The Morgan fingerprint density at radius 2 is 1.94 bits per heavy atom. The number of hydrogen-bond donors (Lipinski definition) is 0. The summed E-state index contributed by atoms with van der Waals surface area (Å²) in [6.45, 7) is 5.77. The van der Waals surface area contributed by atoms with E-state index in [1.165, 1.54) is 0 Å². The molecule has 1 aliphatic rings. The Morgan fingerprint density at radius 1 is 1.28 bits per heavy atom. The van der Waals surface area contributed by atoms with Gasteiger partial charge in [-0.25, -0.2) is 0 Å². The van der Waals surface area contributed by atoms with Gasteiger partial charge in [-0.3, -0.25) is 0 Å². The molecule has 96 valence electrons. The lowest BCUT2D eigenvalue weighted by Gasteiger charge is -2.29. The third-order valence-corrected chi connectivity index (χ3v) is 3.48. The lowest BCUT2D eigenvalue weighted by atomic mass is 10.1. The van der Waals surface area contributed by atoms with Gasteiger partial charge in [0.2, 0.25) is 0 Å². The zero-order valence-electron chi connectivity index (χ0n) is 11.1. The number of rotatable bonds is 2. The molecule has 1 fully saturated rings. The Bertz CT molecular complexity index is 473. The fourth-order valence-corrected chi connectivity index (χ4v) is 2.06. The monoisotopic (exact) mass is 246 g/mol. The van der Waals surface area contributed by atoms with E-state index < -0.39 is 0 Å². The molecule has 0 radical (unpaired) electrons. The Hall–Kier alpha value is -1.67. The number of hydrogen-bond acceptors (Lipinski definition) is 5. The Labute approximate surface area is 107 Å². The standard InChI is InChI=1S/C13H18N4O/c1-9-10(2)15-16-13(12(9)8-14)18-11-4-6-17(3)7-5-11/h11H,4-7H2,1-3H3. The van der Waals surface area contributed by atoms with E-state index in [1.54, 1.807) is 0 Å². The first-order valence-electron chi connectivity index (χ1n) is 6.21. The van der Waals surface area contributed by atoms with Crippen LogP contribution < -0.4 is 4.74 Å². The summed E-state index contributed by atoms with van der Waals surface area (Å²) in [5, 5.41) is 17.2. The van der Waals surface area contributed by atoms with Gasteiger partial charge in [-0.05, 0) is 39.3 Å². The SMILES string of the molecule is Cc1nnc(OC2CCN(C)CC2)c(C#N)c1C. The molecule has 1 saturated heterocycles. The maximum Gasteiger partial charge on any atom is 0.252 e. The van der Waals surface area contributed by atoms with Crippen molar-refractivity contribution in [3.05, 3.63) is 16.8 Å². The summed E-state index contributed by atoms with van der Waals surface area (Å²) in [6.07, 6.45) is 2.08. The number of aryl methyl sites for hydroxylation is 1. The second-order valence-electron chi connectivity index (χ2n) is 4.82. The van der Waals surface area contributed by atoms with E-state index in [0.29, 0.717) is 11.4 Å². The van der Waals surface area contributed by atoms with Crippen molar-refractivity contribution in [3.8, 4) is 11.9 Å². The normalized spacial score (nSPS) is 17.4. The van der Waals surface area contributed by atoms with E-state index in [-0.39, 0.29) is 6.10 Å². The van der Waals surface area contributed by atoms with Gasteiger partial charge in [0.1, 0.15) is 17.7 Å². The van der Waals surface area contributed by atoms with Crippen molar-refractivity contribution in [3.63, 3.8) is 0 Å². The van der Waals surface area contributed by atoms with Gasteiger partial charge in [-0.2, -0.15) is 10.4 Å². The average Bonchev–Trinajstić information content (AvgIpc) is 2.37. The first-order chi connectivity index (χ1) is 8.61. The van der Waals surface area contributed by atoms with Crippen LogP contribution in [0, 0.1) is 25.2 Å². The van der Waals surface area contributed by atoms with E-state index in [2.05, 4.69) is 28.2 Å². The topological polar surface area (TPSA) is 62.0 Å². The van der Waals surface area contributed by atoms with E-state index in [1.807, 2.05) is 13.8 Å². The lowest BCUT2D eigenvalue weighted by molar-refractivity contribution is 0.108. The minimum absolute atomic E-state index is 0.143. The molecule has 0 unspecified atom stereocenters. The second kappa shape index (κ2) is 5.32. The Morgan fingerprint density at radius 3 is 2.56 bits per heavy atom. The molecule has 0 aliphatic carbocycles. The molecule has 5 nitrogen and oxygen atoms in total. The van der Waals surface area contributed by atoms with Gasteiger partial charge in [-0.15, -0.1) is 5.10 Å². The predicted molar refractivity (Wildman–Crippen MR) is 67.4 cm³/mol. The number of piperidine rings is 1. The highest BCUT2D eigenvalue weighted by molar-refractivity contribution is 5.44. The summed E-state index contributed by atoms with van der Waals surface area (Å²) in [4.78, 5) is 2.27. The van der Waals surface area contributed by atoms with Crippen LogP contribution in [0.25, 0.3) is 0 Å². The molecule has 18 heavy (non-hydrogen) atoms. The van der Waals surface area contributed by atoms with Gasteiger partial charge in [0.05, 0.1) is 5.69 Å². The molecule has 2 rings (SSSR count). The predicted octanol–water partition coefficient (Wildman–Crippen LogP) is 1.44. The summed E-state index contributed by atoms with van der Waals surface area (Å²) in [5.41, 5.74) is 2.15. The third-order valence-electron chi connectivity index (χ3n) is 3.48. The molecule has 0 amide bonds. The van der Waals surface area contributed by atoms with Crippen LogP contribution in [0.5, 0.6) is 5.88 Å². The Balaban J connectivity index is 2.15. The average molecular weight is 246 g/mol. The number of nitriles is 1. The van der Waals surface area contributed by atoms with Crippen molar-refractivity contribution >= 4 is 0 Å². The van der Waals surface area contributed by atoms with Crippen molar-refractivity contribution < 1.29 is 4.74 Å². The first kappa shape index (κ1) is 12.8. The molecule has 5 heteroatoms. The maximum absolute atomic E-state index is 9.19. The highest BCUT2D eigenvalue weighted by Gasteiger charge is 2.21. The zero-order chi connectivity index (χ0) is 13.1. The maximum atomic E-state index is 9.19. The molecule has 0 N–H and O–H groups in total. The molecular formula is C13H18N4O. The fourth-order valence-electron chi connectivity index (χ4n) is 2.06. The van der Waals surface area contributed by atoms with Crippen molar-refractivity contribution in [2.24, 2.45) is 0 Å². The summed E-state index contributed by atoms with van der Waals surface area (Å²) >= 11 is 0. The van der Waals surface area contributed by atoms with Crippen LogP contribution >= 0.6 is 0 Å². The summed E-state index contributed by atoms with van der Waals surface area (Å²) in [5.74, 6) is 0.384. The molecule has 0 bridgehead atoms. The van der Waals surface area contributed by atoms with Gasteiger partial charge in [0, 0.05) is 13.1 Å². The van der Waals surface area contributed by atoms with Crippen LogP contribution in [0.2, 0.25) is 0 Å². The summed E-state index contributed by atoms with van der Waals surface area (Å²) < 4.78 is 5.84. The largest absolute Gasteiger partial charge is 0.472 e. The highest BCUT2D eigenvalue weighted by atomic mass is 16.5. The van der Waals surface area contributed by atoms with Crippen molar-refractivity contribution in [2.45, 2.75) is 32.8 Å². The van der Waals surface area contributed by atoms with Crippen LogP contribution in [0.4, 0.5) is 0 Å². The Kier molecular flexibility index (Phi) is 3.78. The fraction of sp³-hybridized carbons (Fsp3) is 0.615. The number of likely N-dealkylation sites (tertiary alicyclic amines) is 1. The van der Waals surface area contributed by atoms with E-state index in [4.69, 9.17) is 4.74 Å². The lowest BCUT2D eigenvalue weighted by Crippen LogP contribution is -2.36. The van der Waals surface area contributed by atoms with E-state index in [9.17, 15) is 5.26 Å². The minimum atomic E-state index is 0.143. The number of nitrogens with zero attached hydrogens (tertiary/aromatic N) is 4. The summed E-state index contributed by atoms with van der Waals surface area (Å²) in [6, 6.07) is 2.17. The van der Waals surface area contributed by atoms with Crippen LogP contribution in [-0.2, 0) is 0 Å². The molecule has 1 aliphatic heterocycles. The smallest absolute Gasteiger partial charge is 0.252 e. The van der Waals surface area contributed by atoms with Gasteiger partial charge in [0.25, 0.3) is 5.88 Å². The van der Waals surface area contributed by atoms with Crippen molar-refractivity contribution in [1.29, 1.82) is 5.26 Å². The molecule has 0 atom stereocenters. The van der Waals surface area contributed by atoms with Gasteiger partial charge >= 0.3 is 0 Å². The van der Waals surface area contributed by atoms with Crippen molar-refractivity contribution in [2.75, 3.05) is 20.1 Å². The quantitative estimate of drug-likeness (QED) is 0.790.